The number of morpholine rings is 1. The molecule has 14 heteroatoms. The van der Waals surface area contributed by atoms with Gasteiger partial charge in [0.25, 0.3) is 0 Å². The van der Waals surface area contributed by atoms with Crippen molar-refractivity contribution in [3.63, 3.8) is 0 Å². The number of fused-ring (bicyclic) bond motifs is 2. The highest BCUT2D eigenvalue weighted by Crippen LogP contribution is 2.47. The van der Waals surface area contributed by atoms with E-state index in [-0.39, 0.29) is 65.7 Å². The lowest BCUT2D eigenvalue weighted by Crippen LogP contribution is -2.44. The number of amides is 1. The Morgan fingerprint density at radius 1 is 1.12 bits per heavy atom. The van der Waals surface area contributed by atoms with Crippen molar-refractivity contribution in [2.24, 2.45) is 5.41 Å². The van der Waals surface area contributed by atoms with Gasteiger partial charge in [-0.3, -0.25) is 9.69 Å². The highest BCUT2D eigenvalue weighted by molar-refractivity contribution is 5.92. The van der Waals surface area contributed by atoms with E-state index in [4.69, 9.17) is 30.4 Å². The van der Waals surface area contributed by atoms with Gasteiger partial charge in [0.2, 0.25) is 5.91 Å². The first-order valence-electron chi connectivity index (χ1n) is 16.1. The molecule has 5 heterocycles. The molecular weight excluding hydrogens is 624 g/mol. The molecule has 7 rings (SSSR count). The molecule has 1 aromatic carbocycles. The van der Waals surface area contributed by atoms with Gasteiger partial charge in [-0.1, -0.05) is 12.5 Å². The molecule has 1 N–H and O–H groups in total. The summed E-state index contributed by atoms with van der Waals surface area (Å²) >= 11 is 0. The minimum Gasteiger partial charge on any atom is -0.489 e. The Bertz CT molecular complexity index is 1760. The van der Waals surface area contributed by atoms with Gasteiger partial charge in [0.15, 0.2) is 11.6 Å². The summed E-state index contributed by atoms with van der Waals surface area (Å²) in [7, 11) is 0. The second-order valence-electron chi connectivity index (χ2n) is 12.5. The molecule has 1 amide bonds. The number of hydrogen-bond acceptors (Lipinski definition) is 11. The van der Waals surface area contributed by atoms with Crippen molar-refractivity contribution in [3.05, 3.63) is 48.2 Å². The number of pyridine rings is 1. The van der Waals surface area contributed by atoms with Crippen LogP contribution in [0.5, 0.6) is 11.8 Å². The fourth-order valence-corrected chi connectivity index (χ4v) is 6.47. The van der Waals surface area contributed by atoms with Crippen molar-refractivity contribution in [2.45, 2.75) is 18.9 Å². The summed E-state index contributed by atoms with van der Waals surface area (Å²) in [5, 5.41) is 3.23. The summed E-state index contributed by atoms with van der Waals surface area (Å²) in [6.45, 7) is 9.72. The zero-order valence-corrected chi connectivity index (χ0v) is 26.6. The fourth-order valence-electron chi connectivity index (χ4n) is 6.47. The van der Waals surface area contributed by atoms with E-state index in [1.165, 1.54) is 29.3 Å². The van der Waals surface area contributed by atoms with Crippen LogP contribution in [0.2, 0.25) is 0 Å². The van der Waals surface area contributed by atoms with E-state index in [1.54, 1.807) is 0 Å². The van der Waals surface area contributed by atoms with Crippen molar-refractivity contribution in [2.75, 3.05) is 88.7 Å². The molecule has 2 aromatic heterocycles. The monoisotopic (exact) mass is 661 g/mol. The van der Waals surface area contributed by atoms with Gasteiger partial charge in [-0.15, -0.1) is 6.42 Å². The Balaban J connectivity index is 1.27. The van der Waals surface area contributed by atoms with Crippen LogP contribution in [0.15, 0.2) is 31.0 Å². The second kappa shape index (κ2) is 13.5. The van der Waals surface area contributed by atoms with Crippen LogP contribution in [0, 0.1) is 29.4 Å². The number of terminal acetylenes is 1. The average molecular weight is 662 g/mol. The molecule has 2 saturated heterocycles. The first-order valence-corrected chi connectivity index (χ1v) is 16.1. The van der Waals surface area contributed by atoms with E-state index in [0.29, 0.717) is 56.5 Å². The van der Waals surface area contributed by atoms with E-state index in [1.807, 2.05) is 4.90 Å². The van der Waals surface area contributed by atoms with Gasteiger partial charge < -0.3 is 34.1 Å². The van der Waals surface area contributed by atoms with Crippen LogP contribution in [0.4, 0.5) is 26.1 Å². The number of ether oxygens (including phenoxy) is 4. The zero-order chi connectivity index (χ0) is 33.3. The molecule has 12 nitrogen and oxygen atoms in total. The number of halogens is 2. The molecule has 4 aliphatic rings. The average Bonchev–Trinajstić information content (AvgIpc) is 3.91. The Morgan fingerprint density at radius 3 is 2.71 bits per heavy atom. The predicted molar refractivity (Wildman–Crippen MR) is 174 cm³/mol. The molecular formula is C34H37F2N7O5. The lowest BCUT2D eigenvalue weighted by Gasteiger charge is -2.32. The molecule has 48 heavy (non-hydrogen) atoms. The fraction of sp³-hybridized carbons (Fsp3) is 0.471. The Hall–Kier alpha value is -4.58. The third-order valence-electron chi connectivity index (χ3n) is 9.18. The molecule has 1 atom stereocenters. The van der Waals surface area contributed by atoms with Gasteiger partial charge in [0.1, 0.15) is 35.2 Å². The molecule has 0 spiro atoms. The SMILES string of the molecule is C#Cc1c(F)ccc2c1N(c1ncc3c(N4CCOCC(NC(=O)C=C)C4)nc(OCC4(CN5CCOCC5)CC4)nc3c1F)CCO2. The number of aromatic nitrogens is 3. The third kappa shape index (κ3) is 6.45. The van der Waals surface area contributed by atoms with Crippen LogP contribution in [-0.2, 0) is 14.3 Å². The number of anilines is 3. The zero-order valence-electron chi connectivity index (χ0n) is 26.6. The van der Waals surface area contributed by atoms with Crippen molar-refractivity contribution < 1.29 is 32.5 Å². The quantitative estimate of drug-likeness (QED) is 0.270. The summed E-state index contributed by atoms with van der Waals surface area (Å²) in [6, 6.07) is 2.34. The molecule has 1 saturated carbocycles. The number of benzene rings is 1. The van der Waals surface area contributed by atoms with Crippen molar-refractivity contribution >= 4 is 34.1 Å². The molecule has 0 bridgehead atoms. The maximum Gasteiger partial charge on any atom is 0.319 e. The van der Waals surface area contributed by atoms with Crippen molar-refractivity contribution in [1.29, 1.82) is 0 Å². The van der Waals surface area contributed by atoms with Gasteiger partial charge in [0.05, 0.1) is 56.6 Å². The van der Waals surface area contributed by atoms with E-state index in [9.17, 15) is 9.18 Å². The van der Waals surface area contributed by atoms with Crippen molar-refractivity contribution in [1.82, 2.24) is 25.2 Å². The van der Waals surface area contributed by atoms with Gasteiger partial charge in [0, 0.05) is 44.3 Å². The van der Waals surface area contributed by atoms with E-state index < -0.39 is 11.6 Å². The van der Waals surface area contributed by atoms with Crippen molar-refractivity contribution in [3.8, 4) is 24.1 Å². The molecule has 1 unspecified atom stereocenters. The van der Waals surface area contributed by atoms with Gasteiger partial charge in [-0.05, 0) is 31.1 Å². The van der Waals surface area contributed by atoms with Crippen LogP contribution in [0.3, 0.4) is 0 Å². The predicted octanol–water partition coefficient (Wildman–Crippen LogP) is 2.81. The van der Waals surface area contributed by atoms with Crippen LogP contribution in [-0.4, -0.2) is 111 Å². The normalized spacial score (nSPS) is 20.6. The van der Waals surface area contributed by atoms with Gasteiger partial charge in [-0.2, -0.15) is 9.97 Å². The van der Waals surface area contributed by atoms with Crippen LogP contribution < -0.4 is 24.6 Å². The first kappa shape index (κ1) is 32.0. The van der Waals surface area contributed by atoms with Gasteiger partial charge in [-0.25, -0.2) is 13.8 Å². The number of nitrogens with zero attached hydrogens (tertiary/aromatic N) is 6. The Labute approximate surface area is 277 Å². The molecule has 252 valence electrons. The molecule has 3 fully saturated rings. The standard InChI is InChI=1S/C34H37F2N7O5/c1-3-23-25(35)5-6-26-30(23)43(12-16-47-26)32-28(36)29-24(17-37-32)31(42-11-15-46-19-22(18-42)38-27(44)4-2)40-33(39-29)48-21-34(7-8-34)20-41-9-13-45-14-10-41/h1,4-6,17,22H,2,7-16,18-21H2,(H,38,44). The Kier molecular flexibility index (Phi) is 9.00. The smallest absolute Gasteiger partial charge is 0.319 e. The molecule has 3 aliphatic heterocycles. The lowest BCUT2D eigenvalue weighted by atomic mass is 10.1. The lowest BCUT2D eigenvalue weighted by molar-refractivity contribution is -0.117. The Morgan fingerprint density at radius 2 is 1.94 bits per heavy atom. The first-order chi connectivity index (χ1) is 23.4. The van der Waals surface area contributed by atoms with Crippen LogP contribution >= 0.6 is 0 Å². The minimum atomic E-state index is -0.738. The topological polar surface area (TPSA) is 114 Å². The third-order valence-corrected chi connectivity index (χ3v) is 9.18. The van der Waals surface area contributed by atoms with Crippen LogP contribution in [0.1, 0.15) is 18.4 Å². The number of hydrogen-bond donors (Lipinski definition) is 1. The highest BCUT2D eigenvalue weighted by Gasteiger charge is 2.45. The second-order valence-corrected chi connectivity index (χ2v) is 12.5. The van der Waals surface area contributed by atoms with E-state index >= 15 is 4.39 Å². The summed E-state index contributed by atoms with van der Waals surface area (Å²) in [5.74, 6) is 1.33. The van der Waals surface area contributed by atoms with E-state index in [2.05, 4.69) is 32.7 Å². The number of carbonyl (C=O) groups is 1. The number of rotatable bonds is 9. The van der Waals surface area contributed by atoms with E-state index in [0.717, 1.165) is 32.5 Å². The van der Waals surface area contributed by atoms with Crippen LogP contribution in [0.25, 0.3) is 10.9 Å². The maximum atomic E-state index is 16.8. The largest absolute Gasteiger partial charge is 0.489 e. The minimum absolute atomic E-state index is 0.0124. The molecule has 3 aromatic rings. The highest BCUT2D eigenvalue weighted by atomic mass is 19.1. The number of nitrogens with one attached hydrogen (secondary N) is 1. The molecule has 1 aliphatic carbocycles. The number of carbonyl (C=O) groups excluding carboxylic acids is 1. The summed E-state index contributed by atoms with van der Waals surface area (Å²) in [5.41, 5.74) is 0.126. The summed E-state index contributed by atoms with van der Waals surface area (Å²) in [6.07, 6.45) is 10.4. The molecule has 0 radical (unpaired) electrons. The summed E-state index contributed by atoms with van der Waals surface area (Å²) in [4.78, 5) is 31.9. The maximum absolute atomic E-state index is 16.8. The summed E-state index contributed by atoms with van der Waals surface area (Å²) < 4.78 is 54.9. The van der Waals surface area contributed by atoms with Gasteiger partial charge >= 0.3 is 6.01 Å².